The maximum Gasteiger partial charge on any atom is 0.334 e. The van der Waals surface area contributed by atoms with E-state index in [1.54, 1.807) is 12.1 Å². The van der Waals surface area contributed by atoms with Crippen LogP contribution >= 0.6 is 0 Å². The lowest BCUT2D eigenvalue weighted by Gasteiger charge is -2.07. The molecule has 0 spiro atoms. The molecule has 0 radical (unpaired) electrons. The minimum Gasteiger partial charge on any atom is -0.467 e. The molecular weight excluding hydrogens is 238 g/mol. The van der Waals surface area contributed by atoms with Gasteiger partial charge in [-0.1, -0.05) is 12.1 Å². The SMILES string of the molecule is COC(=O)C(O)CCCc1cccc([N+](=O)[O-])c1. The van der Waals surface area contributed by atoms with Crippen LogP contribution in [0.3, 0.4) is 0 Å². The van der Waals surface area contributed by atoms with Gasteiger partial charge in [0.15, 0.2) is 6.10 Å². The number of rotatable bonds is 6. The lowest BCUT2D eigenvalue weighted by atomic mass is 10.1. The van der Waals surface area contributed by atoms with Gasteiger partial charge in [-0.3, -0.25) is 10.1 Å². The van der Waals surface area contributed by atoms with Gasteiger partial charge in [0.1, 0.15) is 0 Å². The molecule has 0 saturated carbocycles. The van der Waals surface area contributed by atoms with Gasteiger partial charge in [-0.25, -0.2) is 4.79 Å². The van der Waals surface area contributed by atoms with Crippen molar-refractivity contribution in [2.24, 2.45) is 0 Å². The monoisotopic (exact) mass is 253 g/mol. The molecule has 0 heterocycles. The molecule has 98 valence electrons. The molecule has 1 aromatic rings. The van der Waals surface area contributed by atoms with Crippen molar-refractivity contribution in [3.63, 3.8) is 0 Å². The van der Waals surface area contributed by atoms with Crippen LogP contribution < -0.4 is 0 Å². The van der Waals surface area contributed by atoms with E-state index in [1.165, 1.54) is 19.2 Å². The molecule has 1 aromatic carbocycles. The number of esters is 1. The molecule has 18 heavy (non-hydrogen) atoms. The number of benzene rings is 1. The number of aliphatic hydroxyl groups is 1. The van der Waals surface area contributed by atoms with Crippen molar-refractivity contribution in [3.8, 4) is 0 Å². The third-order valence-corrected chi connectivity index (χ3v) is 2.54. The Morgan fingerprint density at radius 1 is 1.56 bits per heavy atom. The van der Waals surface area contributed by atoms with Crippen molar-refractivity contribution >= 4 is 11.7 Å². The summed E-state index contributed by atoms with van der Waals surface area (Å²) in [6, 6.07) is 6.30. The van der Waals surface area contributed by atoms with Gasteiger partial charge in [-0.15, -0.1) is 0 Å². The molecule has 0 saturated heterocycles. The van der Waals surface area contributed by atoms with E-state index < -0.39 is 17.0 Å². The van der Waals surface area contributed by atoms with E-state index in [0.29, 0.717) is 12.8 Å². The average molecular weight is 253 g/mol. The first-order valence-corrected chi connectivity index (χ1v) is 5.54. The quantitative estimate of drug-likeness (QED) is 0.471. The molecule has 0 aliphatic heterocycles. The third-order valence-electron chi connectivity index (χ3n) is 2.54. The van der Waals surface area contributed by atoms with Crippen LogP contribution in [0, 0.1) is 10.1 Å². The first-order chi connectivity index (χ1) is 8.54. The predicted molar refractivity (Wildman–Crippen MR) is 64.1 cm³/mol. The van der Waals surface area contributed by atoms with Gasteiger partial charge in [-0.2, -0.15) is 0 Å². The van der Waals surface area contributed by atoms with E-state index in [9.17, 15) is 20.0 Å². The maximum absolute atomic E-state index is 10.9. The minimum absolute atomic E-state index is 0.0426. The standard InChI is InChI=1S/C12H15NO5/c1-18-12(15)11(14)7-3-5-9-4-2-6-10(8-9)13(16)17/h2,4,6,8,11,14H,3,5,7H2,1H3. The molecule has 0 aromatic heterocycles. The zero-order valence-corrected chi connectivity index (χ0v) is 10.0. The number of carbonyl (C=O) groups excluding carboxylic acids is 1. The Labute approximate surface area is 104 Å². The smallest absolute Gasteiger partial charge is 0.334 e. The van der Waals surface area contributed by atoms with Crippen molar-refractivity contribution in [1.29, 1.82) is 0 Å². The normalized spacial score (nSPS) is 11.9. The summed E-state index contributed by atoms with van der Waals surface area (Å²) in [5.74, 6) is -0.658. The number of nitro groups is 1. The number of hydrogen-bond donors (Lipinski definition) is 1. The van der Waals surface area contributed by atoms with Gasteiger partial charge in [-0.05, 0) is 24.8 Å². The van der Waals surface area contributed by atoms with Crippen molar-refractivity contribution in [3.05, 3.63) is 39.9 Å². The molecule has 1 atom stereocenters. The predicted octanol–water partition coefficient (Wildman–Crippen LogP) is 1.45. The second-order valence-corrected chi connectivity index (χ2v) is 3.86. The van der Waals surface area contributed by atoms with E-state index in [2.05, 4.69) is 4.74 Å². The molecular formula is C12H15NO5. The highest BCUT2D eigenvalue weighted by Gasteiger charge is 2.14. The highest BCUT2D eigenvalue weighted by molar-refractivity contribution is 5.74. The van der Waals surface area contributed by atoms with Crippen molar-refractivity contribution in [2.75, 3.05) is 7.11 Å². The lowest BCUT2D eigenvalue weighted by Crippen LogP contribution is -2.21. The molecule has 1 rings (SSSR count). The van der Waals surface area contributed by atoms with Gasteiger partial charge in [0.25, 0.3) is 5.69 Å². The van der Waals surface area contributed by atoms with Crippen molar-refractivity contribution in [2.45, 2.75) is 25.4 Å². The molecule has 0 fully saturated rings. The number of ether oxygens (including phenoxy) is 1. The van der Waals surface area contributed by atoms with Gasteiger partial charge < -0.3 is 9.84 Å². The number of methoxy groups -OCH3 is 1. The molecule has 0 amide bonds. The lowest BCUT2D eigenvalue weighted by molar-refractivity contribution is -0.384. The topological polar surface area (TPSA) is 89.7 Å². The summed E-state index contributed by atoms with van der Waals surface area (Å²) >= 11 is 0. The molecule has 0 bridgehead atoms. The van der Waals surface area contributed by atoms with Crippen LogP contribution in [0.2, 0.25) is 0 Å². The van der Waals surface area contributed by atoms with Crippen LogP contribution in [0.25, 0.3) is 0 Å². The van der Waals surface area contributed by atoms with Crippen LogP contribution in [-0.4, -0.2) is 29.2 Å². The molecule has 1 N–H and O–H groups in total. The number of nitro benzene ring substituents is 1. The molecule has 1 unspecified atom stereocenters. The van der Waals surface area contributed by atoms with E-state index in [4.69, 9.17) is 0 Å². The fraction of sp³-hybridized carbons (Fsp3) is 0.417. The summed E-state index contributed by atoms with van der Waals surface area (Å²) in [7, 11) is 1.21. The Hall–Kier alpha value is -1.95. The second-order valence-electron chi connectivity index (χ2n) is 3.86. The summed E-state index contributed by atoms with van der Waals surface area (Å²) in [6.45, 7) is 0. The van der Waals surface area contributed by atoms with Crippen LogP contribution in [0.5, 0.6) is 0 Å². The van der Waals surface area contributed by atoms with Crippen LogP contribution in [0.15, 0.2) is 24.3 Å². The Balaban J connectivity index is 2.46. The second kappa shape index (κ2) is 6.70. The largest absolute Gasteiger partial charge is 0.467 e. The molecule has 6 heteroatoms. The molecule has 6 nitrogen and oxygen atoms in total. The van der Waals surface area contributed by atoms with E-state index in [1.807, 2.05) is 0 Å². The summed E-state index contributed by atoms with van der Waals surface area (Å²) in [6.07, 6.45) is 0.261. The average Bonchev–Trinajstić information content (AvgIpc) is 2.38. The first-order valence-electron chi connectivity index (χ1n) is 5.54. The fourth-order valence-electron chi connectivity index (χ4n) is 1.58. The van der Waals surface area contributed by atoms with Crippen molar-refractivity contribution < 1.29 is 19.6 Å². The number of carbonyl (C=O) groups is 1. The van der Waals surface area contributed by atoms with Crippen LogP contribution in [0.4, 0.5) is 5.69 Å². The van der Waals surface area contributed by atoms with Gasteiger partial charge in [0.05, 0.1) is 12.0 Å². The summed E-state index contributed by atoms with van der Waals surface area (Å²) in [5, 5.41) is 19.9. The van der Waals surface area contributed by atoms with E-state index in [-0.39, 0.29) is 12.1 Å². The summed E-state index contributed by atoms with van der Waals surface area (Å²) in [5.41, 5.74) is 0.849. The Kier molecular flexibility index (Phi) is 5.26. The number of nitrogens with zero attached hydrogens (tertiary/aromatic N) is 1. The van der Waals surface area contributed by atoms with Gasteiger partial charge >= 0.3 is 5.97 Å². The summed E-state index contributed by atoms with van der Waals surface area (Å²) in [4.78, 5) is 21.1. The number of aryl methyl sites for hydroxylation is 1. The summed E-state index contributed by atoms with van der Waals surface area (Å²) < 4.78 is 4.39. The third kappa shape index (κ3) is 4.14. The molecule has 0 aliphatic rings. The molecule has 0 aliphatic carbocycles. The number of hydrogen-bond acceptors (Lipinski definition) is 5. The fourth-order valence-corrected chi connectivity index (χ4v) is 1.58. The van der Waals surface area contributed by atoms with Gasteiger partial charge in [0.2, 0.25) is 0 Å². The Morgan fingerprint density at radius 3 is 2.89 bits per heavy atom. The van der Waals surface area contributed by atoms with Crippen molar-refractivity contribution in [1.82, 2.24) is 0 Å². The van der Waals surface area contributed by atoms with E-state index >= 15 is 0 Å². The minimum atomic E-state index is -1.13. The number of aliphatic hydroxyl groups excluding tert-OH is 1. The zero-order valence-electron chi connectivity index (χ0n) is 10.0. The highest BCUT2D eigenvalue weighted by atomic mass is 16.6. The first kappa shape index (κ1) is 14.1. The Morgan fingerprint density at radius 2 is 2.28 bits per heavy atom. The van der Waals surface area contributed by atoms with Crippen LogP contribution in [-0.2, 0) is 16.0 Å². The van der Waals surface area contributed by atoms with E-state index in [0.717, 1.165) is 5.56 Å². The van der Waals surface area contributed by atoms with Gasteiger partial charge in [0, 0.05) is 12.1 Å². The zero-order chi connectivity index (χ0) is 13.5. The highest BCUT2D eigenvalue weighted by Crippen LogP contribution is 2.15. The van der Waals surface area contributed by atoms with Crippen LogP contribution in [0.1, 0.15) is 18.4 Å². The Bertz CT molecular complexity index is 432. The number of non-ortho nitro benzene ring substituents is 1. The maximum atomic E-state index is 10.9.